The van der Waals surface area contributed by atoms with Gasteiger partial charge < -0.3 is 0 Å². The van der Waals surface area contributed by atoms with Gasteiger partial charge in [-0.25, -0.2) is 0 Å². The Hall–Kier alpha value is -0.0800. The first-order valence-electron chi connectivity index (χ1n) is 4.14. The number of rotatable bonds is 5. The van der Waals surface area contributed by atoms with Crippen molar-refractivity contribution in [2.45, 2.75) is 26.7 Å². The molecule has 0 heterocycles. The Morgan fingerprint density at radius 2 is 1.40 bits per heavy atom. The molecule has 0 unspecified atom stereocenters. The van der Waals surface area contributed by atoms with E-state index in [0.717, 1.165) is 0 Å². The molecular formula is C8H20N2+. The average Bonchev–Trinajstić information content (AvgIpc) is 1.87. The minimum atomic E-state index is 1.18. The summed E-state index contributed by atoms with van der Waals surface area (Å²) >= 11 is 0. The molecular weight excluding hydrogens is 124 g/mol. The van der Waals surface area contributed by atoms with E-state index in [2.05, 4.69) is 38.0 Å². The van der Waals surface area contributed by atoms with Gasteiger partial charge in [-0.2, -0.15) is 0 Å². The lowest BCUT2D eigenvalue weighted by Gasteiger charge is -2.15. The lowest BCUT2D eigenvalue weighted by Crippen LogP contribution is -2.43. The molecule has 61 valence electrons. The predicted octanol–water partition coefficient (Wildman–Crippen LogP) is 1.42. The SMILES string of the molecule is CCC[N+](CCC)N(C)C. The van der Waals surface area contributed by atoms with Crippen LogP contribution in [0.15, 0.2) is 0 Å². The average molecular weight is 144 g/mol. The van der Waals surface area contributed by atoms with Gasteiger partial charge in [-0.15, -0.1) is 5.01 Å². The van der Waals surface area contributed by atoms with Gasteiger partial charge in [0.1, 0.15) is 13.1 Å². The normalized spacial score (nSPS) is 11.4. The molecule has 0 spiro atoms. The molecule has 2 heteroatoms. The van der Waals surface area contributed by atoms with Crippen LogP contribution in [0.5, 0.6) is 0 Å². The van der Waals surface area contributed by atoms with E-state index in [-0.39, 0.29) is 0 Å². The molecule has 2 nitrogen and oxygen atoms in total. The number of hydrogen-bond donors (Lipinski definition) is 0. The van der Waals surface area contributed by atoms with E-state index in [1.807, 2.05) is 0 Å². The monoisotopic (exact) mass is 144 g/mol. The smallest absolute Gasteiger partial charge is 0.112 e. The maximum atomic E-state index is 2.36. The van der Waals surface area contributed by atoms with Crippen molar-refractivity contribution in [3.63, 3.8) is 0 Å². The zero-order chi connectivity index (χ0) is 7.98. The van der Waals surface area contributed by atoms with Crippen molar-refractivity contribution in [3.8, 4) is 0 Å². The van der Waals surface area contributed by atoms with Crippen molar-refractivity contribution in [1.29, 1.82) is 0 Å². The Bertz CT molecular complexity index is 65.7. The largest absolute Gasteiger partial charge is 0.144 e. The maximum absolute atomic E-state index is 2.36. The first-order valence-corrected chi connectivity index (χ1v) is 4.14. The van der Waals surface area contributed by atoms with E-state index in [9.17, 15) is 0 Å². The second kappa shape index (κ2) is 5.69. The zero-order valence-corrected chi connectivity index (χ0v) is 7.72. The van der Waals surface area contributed by atoms with Crippen molar-refractivity contribution < 1.29 is 0 Å². The minimum absolute atomic E-state index is 1.18. The Morgan fingerprint density at radius 3 is 1.60 bits per heavy atom. The molecule has 0 aromatic carbocycles. The molecule has 0 aliphatic heterocycles. The van der Waals surface area contributed by atoms with Crippen molar-refractivity contribution in [2.24, 2.45) is 0 Å². The van der Waals surface area contributed by atoms with Crippen LogP contribution in [0, 0.1) is 0 Å². The summed E-state index contributed by atoms with van der Waals surface area (Å²) in [5.41, 5.74) is 0. The van der Waals surface area contributed by atoms with Gasteiger partial charge in [0, 0.05) is 26.9 Å². The van der Waals surface area contributed by atoms with Crippen LogP contribution in [0.2, 0.25) is 0 Å². The summed E-state index contributed by atoms with van der Waals surface area (Å²) in [6.07, 6.45) is 2.47. The van der Waals surface area contributed by atoms with E-state index in [0.29, 0.717) is 0 Å². The van der Waals surface area contributed by atoms with Gasteiger partial charge in [0.25, 0.3) is 0 Å². The highest BCUT2D eigenvalue weighted by Crippen LogP contribution is 1.90. The summed E-state index contributed by atoms with van der Waals surface area (Å²) in [7, 11) is 4.20. The van der Waals surface area contributed by atoms with Crippen molar-refractivity contribution in [1.82, 2.24) is 10.0 Å². The highest BCUT2D eigenvalue weighted by atomic mass is 15.6. The molecule has 0 aliphatic carbocycles. The second-order valence-electron chi connectivity index (χ2n) is 2.80. The quantitative estimate of drug-likeness (QED) is 0.419. The molecule has 0 fully saturated rings. The van der Waals surface area contributed by atoms with Crippen molar-refractivity contribution in [3.05, 3.63) is 0 Å². The molecule has 0 amide bonds. The Morgan fingerprint density at radius 1 is 1.00 bits per heavy atom. The predicted molar refractivity (Wildman–Crippen MR) is 46.1 cm³/mol. The van der Waals surface area contributed by atoms with Crippen LogP contribution in [0.4, 0.5) is 0 Å². The summed E-state index contributed by atoms with van der Waals surface area (Å²) < 4.78 is 0. The molecule has 0 saturated carbocycles. The summed E-state index contributed by atoms with van der Waals surface area (Å²) in [4.78, 5) is 0. The number of hydrazine groups is 1. The van der Waals surface area contributed by atoms with Gasteiger partial charge in [0.15, 0.2) is 0 Å². The van der Waals surface area contributed by atoms with Crippen LogP contribution >= 0.6 is 0 Å². The van der Waals surface area contributed by atoms with Crippen LogP contribution in [0.1, 0.15) is 26.7 Å². The van der Waals surface area contributed by atoms with Crippen LogP contribution in [0.25, 0.3) is 0 Å². The molecule has 0 atom stereocenters. The third kappa shape index (κ3) is 3.85. The molecule has 10 heavy (non-hydrogen) atoms. The lowest BCUT2D eigenvalue weighted by molar-refractivity contribution is 0.131. The summed E-state index contributed by atoms with van der Waals surface area (Å²) in [6.45, 7) is 6.79. The molecule has 1 radical (unpaired) electrons. The highest BCUT2D eigenvalue weighted by Gasteiger charge is 2.14. The van der Waals surface area contributed by atoms with Gasteiger partial charge in [-0.05, 0) is 0 Å². The zero-order valence-electron chi connectivity index (χ0n) is 7.72. The molecule has 0 aliphatic rings. The van der Waals surface area contributed by atoms with Gasteiger partial charge in [0.05, 0.1) is 0 Å². The van der Waals surface area contributed by atoms with Crippen LogP contribution in [-0.2, 0) is 0 Å². The Balaban J connectivity index is 3.50. The molecule has 0 aromatic heterocycles. The minimum Gasteiger partial charge on any atom is -0.112 e. The summed E-state index contributed by atoms with van der Waals surface area (Å²) in [5, 5.41) is 4.53. The Kier molecular flexibility index (Phi) is 5.64. The fraction of sp³-hybridized carbons (Fsp3) is 1.00. The van der Waals surface area contributed by atoms with E-state index in [1.54, 1.807) is 0 Å². The van der Waals surface area contributed by atoms with Gasteiger partial charge >= 0.3 is 0 Å². The maximum Gasteiger partial charge on any atom is 0.144 e. The van der Waals surface area contributed by atoms with E-state index < -0.39 is 0 Å². The second-order valence-corrected chi connectivity index (χ2v) is 2.80. The van der Waals surface area contributed by atoms with Crippen molar-refractivity contribution >= 4 is 0 Å². The Labute approximate surface area is 64.8 Å². The van der Waals surface area contributed by atoms with Crippen LogP contribution in [0.3, 0.4) is 0 Å². The third-order valence-corrected chi connectivity index (χ3v) is 1.53. The molecule has 0 N–H and O–H groups in total. The first kappa shape index (κ1) is 9.92. The molecule has 0 saturated heterocycles. The third-order valence-electron chi connectivity index (χ3n) is 1.53. The topological polar surface area (TPSA) is 9.14 Å². The lowest BCUT2D eigenvalue weighted by atomic mass is 10.4. The summed E-state index contributed by atoms with van der Waals surface area (Å²) in [6, 6.07) is 0. The van der Waals surface area contributed by atoms with Crippen molar-refractivity contribution in [2.75, 3.05) is 27.2 Å². The van der Waals surface area contributed by atoms with E-state index in [1.165, 1.54) is 25.9 Å². The van der Waals surface area contributed by atoms with E-state index >= 15 is 0 Å². The molecule has 0 aromatic rings. The standard InChI is InChI=1S/C8H20N2/c1-5-7-10(8-6-2)9(3)4/h5-8H2,1-4H3/q+1. The number of nitrogens with zero attached hydrogens (tertiary/aromatic N) is 2. The fourth-order valence-corrected chi connectivity index (χ4v) is 1.03. The van der Waals surface area contributed by atoms with Crippen LogP contribution in [-0.4, -0.2) is 32.2 Å². The van der Waals surface area contributed by atoms with Gasteiger partial charge in [0.2, 0.25) is 0 Å². The van der Waals surface area contributed by atoms with E-state index in [4.69, 9.17) is 0 Å². The van der Waals surface area contributed by atoms with Gasteiger partial charge in [-0.1, -0.05) is 18.9 Å². The molecule has 0 bridgehead atoms. The first-order chi connectivity index (χ1) is 4.72. The fourth-order valence-electron chi connectivity index (χ4n) is 1.03. The highest BCUT2D eigenvalue weighted by molar-refractivity contribution is 4.54. The van der Waals surface area contributed by atoms with Gasteiger partial charge in [-0.3, -0.25) is 0 Å². The molecule has 0 rings (SSSR count). The number of hydrogen-bond acceptors (Lipinski definition) is 2. The summed E-state index contributed by atoms with van der Waals surface area (Å²) in [5.74, 6) is 0. The van der Waals surface area contributed by atoms with Crippen LogP contribution < -0.4 is 5.01 Å².